The lowest BCUT2D eigenvalue weighted by Gasteiger charge is -2.37. The maximum Gasteiger partial charge on any atom is 0.305 e. The second kappa shape index (κ2) is 6.45. The van der Waals surface area contributed by atoms with Gasteiger partial charge in [-0.25, -0.2) is 0 Å². The zero-order valence-electron chi connectivity index (χ0n) is 10.6. The average molecular weight is 271 g/mol. The molecule has 0 radical (unpaired) electrons. The minimum absolute atomic E-state index is 0.0887. The Balaban J connectivity index is 1.98. The first-order valence-corrected chi connectivity index (χ1v) is 7.94. The molecular formula is C13H21NO3S. The van der Waals surface area contributed by atoms with E-state index < -0.39 is 5.97 Å². The van der Waals surface area contributed by atoms with Crippen molar-refractivity contribution in [2.45, 2.75) is 44.6 Å². The van der Waals surface area contributed by atoms with Crippen LogP contribution in [0.25, 0.3) is 0 Å². The summed E-state index contributed by atoms with van der Waals surface area (Å²) in [7, 11) is 0. The van der Waals surface area contributed by atoms with Crippen molar-refractivity contribution < 1.29 is 14.7 Å². The smallest absolute Gasteiger partial charge is 0.305 e. The van der Waals surface area contributed by atoms with Crippen LogP contribution in [0.5, 0.6) is 0 Å². The number of amides is 1. The lowest BCUT2D eigenvalue weighted by Crippen LogP contribution is -2.49. The highest BCUT2D eigenvalue weighted by Crippen LogP contribution is 2.28. The minimum Gasteiger partial charge on any atom is -0.481 e. The largest absolute Gasteiger partial charge is 0.481 e. The molecule has 0 spiro atoms. The molecule has 1 aliphatic heterocycles. The number of carbonyl (C=O) groups is 2. The van der Waals surface area contributed by atoms with E-state index >= 15 is 0 Å². The molecule has 2 rings (SSSR count). The Morgan fingerprint density at radius 3 is 2.61 bits per heavy atom. The first kappa shape index (κ1) is 13.7. The quantitative estimate of drug-likeness (QED) is 0.853. The number of nitrogens with zero attached hydrogens (tertiary/aromatic N) is 1. The van der Waals surface area contributed by atoms with Crippen LogP contribution >= 0.6 is 11.8 Å². The van der Waals surface area contributed by atoms with E-state index in [0.29, 0.717) is 0 Å². The topological polar surface area (TPSA) is 57.6 Å². The summed E-state index contributed by atoms with van der Waals surface area (Å²) < 4.78 is 0. The molecule has 1 N–H and O–H groups in total. The van der Waals surface area contributed by atoms with Gasteiger partial charge in [-0.2, -0.15) is 11.8 Å². The second-order valence-electron chi connectivity index (χ2n) is 5.19. The first-order valence-electron chi connectivity index (χ1n) is 6.78. The van der Waals surface area contributed by atoms with Crippen molar-refractivity contribution >= 4 is 23.6 Å². The van der Waals surface area contributed by atoms with Gasteiger partial charge in [-0.1, -0.05) is 19.3 Å². The first-order chi connectivity index (χ1) is 8.68. The van der Waals surface area contributed by atoms with Crippen LogP contribution in [-0.4, -0.2) is 46.0 Å². The van der Waals surface area contributed by atoms with Gasteiger partial charge < -0.3 is 10.0 Å². The molecule has 1 saturated heterocycles. The maximum atomic E-state index is 12.5. The molecule has 1 heterocycles. The number of hydrogen-bond acceptors (Lipinski definition) is 3. The van der Waals surface area contributed by atoms with Gasteiger partial charge in [0.15, 0.2) is 0 Å². The van der Waals surface area contributed by atoms with Crippen molar-refractivity contribution in [2.75, 3.05) is 18.1 Å². The van der Waals surface area contributed by atoms with Crippen molar-refractivity contribution in [3.8, 4) is 0 Å². The maximum absolute atomic E-state index is 12.5. The monoisotopic (exact) mass is 271 g/mol. The molecule has 1 amide bonds. The Bertz CT molecular complexity index is 315. The zero-order chi connectivity index (χ0) is 13.0. The Morgan fingerprint density at radius 1 is 1.22 bits per heavy atom. The Morgan fingerprint density at radius 2 is 1.94 bits per heavy atom. The molecule has 1 unspecified atom stereocenters. The normalized spacial score (nSPS) is 26.0. The summed E-state index contributed by atoms with van der Waals surface area (Å²) in [4.78, 5) is 25.2. The molecule has 0 aromatic rings. The number of thioether (sulfide) groups is 1. The lowest BCUT2D eigenvalue weighted by atomic mass is 9.88. The molecule has 1 atom stereocenters. The molecule has 2 fully saturated rings. The number of carbonyl (C=O) groups excluding carboxylic acids is 1. The molecule has 0 bridgehead atoms. The third-order valence-electron chi connectivity index (χ3n) is 3.88. The summed E-state index contributed by atoms with van der Waals surface area (Å²) in [6.45, 7) is 0.720. The molecule has 18 heavy (non-hydrogen) atoms. The van der Waals surface area contributed by atoms with E-state index in [1.165, 1.54) is 6.42 Å². The average Bonchev–Trinajstić information content (AvgIpc) is 2.39. The summed E-state index contributed by atoms with van der Waals surface area (Å²) in [5.41, 5.74) is 0. The summed E-state index contributed by atoms with van der Waals surface area (Å²) in [5, 5.41) is 8.93. The van der Waals surface area contributed by atoms with E-state index in [4.69, 9.17) is 5.11 Å². The van der Waals surface area contributed by atoms with Crippen LogP contribution in [0, 0.1) is 5.92 Å². The molecule has 5 heteroatoms. The SMILES string of the molecule is O=C(O)CC1CSCCN1C(=O)C1CCCCC1. The molecule has 0 aromatic heterocycles. The van der Waals surface area contributed by atoms with Gasteiger partial charge in [0.1, 0.15) is 0 Å². The summed E-state index contributed by atoms with van der Waals surface area (Å²) in [5.74, 6) is 1.27. The molecule has 2 aliphatic rings. The van der Waals surface area contributed by atoms with Crippen LogP contribution in [0.1, 0.15) is 38.5 Å². The van der Waals surface area contributed by atoms with Crippen LogP contribution < -0.4 is 0 Å². The molecule has 1 aliphatic carbocycles. The van der Waals surface area contributed by atoms with E-state index in [9.17, 15) is 9.59 Å². The Hall–Kier alpha value is -0.710. The van der Waals surface area contributed by atoms with Gasteiger partial charge in [-0.05, 0) is 12.8 Å². The summed E-state index contributed by atoms with van der Waals surface area (Å²) in [6, 6.07) is -0.101. The summed E-state index contributed by atoms with van der Waals surface area (Å²) >= 11 is 1.76. The van der Waals surface area contributed by atoms with E-state index in [0.717, 1.165) is 43.7 Å². The lowest BCUT2D eigenvalue weighted by molar-refractivity contribution is -0.142. The standard InChI is InChI=1S/C13H21NO3S/c15-12(16)8-11-9-18-7-6-14(11)13(17)10-4-2-1-3-5-10/h10-11H,1-9H2,(H,15,16). The van der Waals surface area contributed by atoms with Crippen molar-refractivity contribution in [3.05, 3.63) is 0 Å². The van der Waals surface area contributed by atoms with Gasteiger partial charge in [0.05, 0.1) is 12.5 Å². The highest BCUT2D eigenvalue weighted by Gasteiger charge is 2.33. The third kappa shape index (κ3) is 3.40. The van der Waals surface area contributed by atoms with Gasteiger partial charge in [-0.15, -0.1) is 0 Å². The third-order valence-corrected chi connectivity index (χ3v) is 4.97. The van der Waals surface area contributed by atoms with Crippen LogP contribution in [0.15, 0.2) is 0 Å². The Labute approximate surface area is 112 Å². The highest BCUT2D eigenvalue weighted by atomic mass is 32.2. The fourth-order valence-electron chi connectivity index (χ4n) is 2.90. The van der Waals surface area contributed by atoms with Crippen molar-refractivity contribution in [2.24, 2.45) is 5.92 Å². The van der Waals surface area contributed by atoms with Gasteiger partial charge in [-0.3, -0.25) is 9.59 Å². The van der Waals surface area contributed by atoms with Crippen molar-refractivity contribution in [3.63, 3.8) is 0 Å². The van der Waals surface area contributed by atoms with E-state index in [-0.39, 0.29) is 24.3 Å². The number of rotatable bonds is 3. The fourth-order valence-corrected chi connectivity index (χ4v) is 3.96. The fraction of sp³-hybridized carbons (Fsp3) is 0.846. The van der Waals surface area contributed by atoms with Crippen LogP contribution in [0.2, 0.25) is 0 Å². The zero-order valence-corrected chi connectivity index (χ0v) is 11.5. The van der Waals surface area contributed by atoms with Crippen LogP contribution in [0.3, 0.4) is 0 Å². The Kier molecular flexibility index (Phi) is 4.92. The van der Waals surface area contributed by atoms with Crippen molar-refractivity contribution in [1.82, 2.24) is 4.90 Å². The van der Waals surface area contributed by atoms with Gasteiger partial charge in [0, 0.05) is 24.0 Å². The van der Waals surface area contributed by atoms with Crippen LogP contribution in [0.4, 0.5) is 0 Å². The molecule has 0 aromatic carbocycles. The number of aliphatic carboxylic acids is 1. The van der Waals surface area contributed by atoms with Crippen LogP contribution in [-0.2, 0) is 9.59 Å². The van der Waals surface area contributed by atoms with E-state index in [2.05, 4.69) is 0 Å². The minimum atomic E-state index is -0.802. The van der Waals surface area contributed by atoms with Gasteiger partial charge >= 0.3 is 5.97 Å². The molecule has 1 saturated carbocycles. The second-order valence-corrected chi connectivity index (χ2v) is 6.34. The number of hydrogen-bond donors (Lipinski definition) is 1. The molecule has 4 nitrogen and oxygen atoms in total. The van der Waals surface area contributed by atoms with Crippen molar-refractivity contribution in [1.29, 1.82) is 0 Å². The van der Waals surface area contributed by atoms with E-state index in [1.54, 1.807) is 11.8 Å². The highest BCUT2D eigenvalue weighted by molar-refractivity contribution is 7.99. The predicted molar refractivity (Wildman–Crippen MR) is 71.7 cm³/mol. The number of carboxylic acid groups (broad SMARTS) is 1. The van der Waals surface area contributed by atoms with Gasteiger partial charge in [0.25, 0.3) is 0 Å². The summed E-state index contributed by atoms with van der Waals surface area (Å²) in [6.07, 6.45) is 5.58. The molecular weight excluding hydrogens is 250 g/mol. The predicted octanol–water partition coefficient (Wildman–Crippen LogP) is 1.99. The van der Waals surface area contributed by atoms with E-state index in [1.807, 2.05) is 4.90 Å². The molecule has 102 valence electrons. The van der Waals surface area contributed by atoms with Gasteiger partial charge in [0.2, 0.25) is 5.91 Å². The number of carboxylic acids is 1.